The van der Waals surface area contributed by atoms with Gasteiger partial charge in [-0.25, -0.2) is 9.48 Å². The summed E-state index contributed by atoms with van der Waals surface area (Å²) in [5.74, 6) is -0.102. The molecule has 0 spiro atoms. The van der Waals surface area contributed by atoms with E-state index in [9.17, 15) is 9.59 Å². The molecule has 124 valence electrons. The second kappa shape index (κ2) is 5.47. The third-order valence-corrected chi connectivity index (χ3v) is 4.60. The zero-order valence-electron chi connectivity index (χ0n) is 13.9. The summed E-state index contributed by atoms with van der Waals surface area (Å²) in [5.41, 5.74) is 3.97. The molecule has 4 rings (SSSR count). The molecule has 1 aliphatic heterocycles. The van der Waals surface area contributed by atoms with E-state index in [1.807, 2.05) is 48.9 Å². The normalized spacial score (nSPS) is 17.9. The predicted molar refractivity (Wildman–Crippen MR) is 88.7 cm³/mol. The number of rotatable bonds is 4. The highest BCUT2D eigenvalue weighted by Gasteiger charge is 2.43. The Morgan fingerprint density at radius 3 is 2.42 bits per heavy atom. The number of imide groups is 1. The molecule has 1 saturated heterocycles. The van der Waals surface area contributed by atoms with Gasteiger partial charge in [0.1, 0.15) is 6.54 Å². The van der Waals surface area contributed by atoms with Gasteiger partial charge in [-0.05, 0) is 50.5 Å². The molecule has 6 heteroatoms. The van der Waals surface area contributed by atoms with Gasteiger partial charge in [0.25, 0.3) is 5.91 Å². The average Bonchev–Trinajstić information content (AvgIpc) is 3.29. The quantitative estimate of drug-likeness (QED) is 0.812. The number of carbonyl (C=O) groups excluding carboxylic acids is 2. The first-order valence-corrected chi connectivity index (χ1v) is 8.26. The Bertz CT molecular complexity index is 805. The second-order valence-corrected chi connectivity index (χ2v) is 6.63. The van der Waals surface area contributed by atoms with Gasteiger partial charge in [0.15, 0.2) is 0 Å². The summed E-state index contributed by atoms with van der Waals surface area (Å²) in [6.07, 6.45) is 2.04. The van der Waals surface area contributed by atoms with Crippen molar-refractivity contribution in [1.82, 2.24) is 19.6 Å². The molecule has 1 aromatic carbocycles. The van der Waals surface area contributed by atoms with Crippen LogP contribution in [0, 0.1) is 13.8 Å². The lowest BCUT2D eigenvalue weighted by molar-refractivity contribution is -0.125. The van der Waals surface area contributed by atoms with Gasteiger partial charge in [-0.1, -0.05) is 12.1 Å². The summed E-state index contributed by atoms with van der Waals surface area (Å²) < 4.78 is 1.89. The predicted octanol–water partition coefficient (Wildman–Crippen LogP) is 2.42. The summed E-state index contributed by atoms with van der Waals surface area (Å²) in [5, 5.41) is 4.47. The fraction of sp³-hybridized carbons (Fsp3) is 0.389. The number of aromatic nitrogens is 2. The van der Waals surface area contributed by atoms with Crippen molar-refractivity contribution < 1.29 is 9.59 Å². The van der Waals surface area contributed by atoms with Crippen molar-refractivity contribution in [1.29, 1.82) is 0 Å². The zero-order valence-corrected chi connectivity index (χ0v) is 13.9. The Morgan fingerprint density at radius 2 is 1.83 bits per heavy atom. The maximum atomic E-state index is 12.4. The van der Waals surface area contributed by atoms with Gasteiger partial charge < -0.3 is 4.90 Å². The van der Waals surface area contributed by atoms with E-state index in [0.717, 1.165) is 35.5 Å². The van der Waals surface area contributed by atoms with Crippen LogP contribution in [0.1, 0.15) is 29.8 Å². The van der Waals surface area contributed by atoms with E-state index in [-0.39, 0.29) is 24.5 Å². The number of urea groups is 1. The van der Waals surface area contributed by atoms with Crippen LogP contribution in [0.15, 0.2) is 30.3 Å². The standard InChI is InChI=1S/C18H20N4O2/c1-12-9-13(2)22(19-12)16-5-3-14(4-6-16)10-21-17(23)11-20(18(21)24)15-7-8-15/h3-6,9,15H,7-8,10-11H2,1-2H3. The summed E-state index contributed by atoms with van der Waals surface area (Å²) in [6.45, 7) is 4.54. The Labute approximate surface area is 140 Å². The minimum atomic E-state index is -0.148. The molecule has 2 aromatic rings. The van der Waals surface area contributed by atoms with Crippen molar-refractivity contribution in [3.05, 3.63) is 47.3 Å². The Hall–Kier alpha value is -2.63. The number of benzene rings is 1. The number of aryl methyl sites for hydroxylation is 2. The van der Waals surface area contributed by atoms with E-state index in [2.05, 4.69) is 5.10 Å². The molecule has 0 N–H and O–H groups in total. The molecule has 0 unspecified atom stereocenters. The molecule has 1 saturated carbocycles. The minimum Gasteiger partial charge on any atom is -0.312 e. The van der Waals surface area contributed by atoms with Gasteiger partial charge in [-0.3, -0.25) is 9.69 Å². The van der Waals surface area contributed by atoms with Gasteiger partial charge in [0, 0.05) is 11.7 Å². The number of amides is 3. The highest BCUT2D eigenvalue weighted by atomic mass is 16.2. The van der Waals surface area contributed by atoms with Gasteiger partial charge in [0.05, 0.1) is 17.9 Å². The van der Waals surface area contributed by atoms with Crippen LogP contribution in [0.3, 0.4) is 0 Å². The molecule has 6 nitrogen and oxygen atoms in total. The van der Waals surface area contributed by atoms with Crippen LogP contribution in [0.2, 0.25) is 0 Å². The van der Waals surface area contributed by atoms with Crippen LogP contribution in [-0.4, -0.2) is 44.1 Å². The molecular weight excluding hydrogens is 304 g/mol. The number of carbonyl (C=O) groups is 2. The largest absolute Gasteiger partial charge is 0.327 e. The number of nitrogens with zero attached hydrogens (tertiary/aromatic N) is 4. The fourth-order valence-electron chi connectivity index (χ4n) is 3.20. The monoisotopic (exact) mass is 324 g/mol. The van der Waals surface area contributed by atoms with E-state index in [0.29, 0.717) is 6.54 Å². The van der Waals surface area contributed by atoms with E-state index < -0.39 is 0 Å². The first-order chi connectivity index (χ1) is 11.5. The maximum absolute atomic E-state index is 12.4. The molecule has 0 atom stereocenters. The lowest BCUT2D eigenvalue weighted by Gasteiger charge is -2.16. The molecule has 0 bridgehead atoms. The molecule has 2 fully saturated rings. The third-order valence-electron chi connectivity index (χ3n) is 4.60. The van der Waals surface area contributed by atoms with Gasteiger partial charge in [-0.2, -0.15) is 5.10 Å². The summed E-state index contributed by atoms with van der Waals surface area (Å²) in [4.78, 5) is 27.5. The summed E-state index contributed by atoms with van der Waals surface area (Å²) in [7, 11) is 0. The molecule has 24 heavy (non-hydrogen) atoms. The van der Waals surface area contributed by atoms with Crippen molar-refractivity contribution in [3.63, 3.8) is 0 Å². The molecule has 1 aliphatic carbocycles. The third kappa shape index (κ3) is 2.58. The summed E-state index contributed by atoms with van der Waals surface area (Å²) >= 11 is 0. The lowest BCUT2D eigenvalue weighted by Crippen LogP contribution is -2.33. The van der Waals surface area contributed by atoms with Gasteiger partial charge in [-0.15, -0.1) is 0 Å². The van der Waals surface area contributed by atoms with Crippen LogP contribution in [0.5, 0.6) is 0 Å². The molecule has 3 amide bonds. The van der Waals surface area contributed by atoms with E-state index >= 15 is 0 Å². The van der Waals surface area contributed by atoms with Gasteiger partial charge >= 0.3 is 6.03 Å². The molecular formula is C18H20N4O2. The maximum Gasteiger partial charge on any atom is 0.327 e. The number of hydrogen-bond acceptors (Lipinski definition) is 3. The van der Waals surface area contributed by atoms with Crippen LogP contribution in [0.4, 0.5) is 4.79 Å². The van der Waals surface area contributed by atoms with Crippen LogP contribution < -0.4 is 0 Å². The smallest absolute Gasteiger partial charge is 0.312 e. The topological polar surface area (TPSA) is 58.4 Å². The van der Waals surface area contributed by atoms with Gasteiger partial charge in [0.2, 0.25) is 0 Å². The first-order valence-electron chi connectivity index (χ1n) is 8.26. The number of hydrogen-bond donors (Lipinski definition) is 0. The van der Waals surface area contributed by atoms with Crippen LogP contribution in [0.25, 0.3) is 5.69 Å². The summed E-state index contributed by atoms with van der Waals surface area (Å²) in [6, 6.07) is 10.0. The average molecular weight is 324 g/mol. The van der Waals surface area contributed by atoms with Crippen molar-refractivity contribution in [2.45, 2.75) is 39.3 Å². The van der Waals surface area contributed by atoms with E-state index in [1.54, 1.807) is 4.90 Å². The Balaban J connectivity index is 1.50. The molecule has 1 aromatic heterocycles. The highest BCUT2D eigenvalue weighted by Crippen LogP contribution is 2.30. The fourth-order valence-corrected chi connectivity index (χ4v) is 3.20. The first kappa shape index (κ1) is 14.9. The Kier molecular flexibility index (Phi) is 3.40. The van der Waals surface area contributed by atoms with E-state index in [4.69, 9.17) is 0 Å². The Morgan fingerprint density at radius 1 is 1.12 bits per heavy atom. The second-order valence-electron chi connectivity index (χ2n) is 6.63. The van der Waals surface area contributed by atoms with Crippen LogP contribution >= 0.6 is 0 Å². The highest BCUT2D eigenvalue weighted by molar-refractivity contribution is 6.02. The minimum absolute atomic E-state index is 0.102. The van der Waals surface area contributed by atoms with Crippen LogP contribution in [-0.2, 0) is 11.3 Å². The van der Waals surface area contributed by atoms with Crippen molar-refractivity contribution >= 4 is 11.9 Å². The van der Waals surface area contributed by atoms with E-state index in [1.165, 1.54) is 4.90 Å². The lowest BCUT2D eigenvalue weighted by atomic mass is 10.2. The van der Waals surface area contributed by atoms with Crippen molar-refractivity contribution in [3.8, 4) is 5.69 Å². The molecule has 2 heterocycles. The van der Waals surface area contributed by atoms with Crippen molar-refractivity contribution in [2.24, 2.45) is 0 Å². The molecule has 2 aliphatic rings. The zero-order chi connectivity index (χ0) is 16.8. The SMILES string of the molecule is Cc1cc(C)n(-c2ccc(CN3C(=O)CN(C4CC4)C3=O)cc2)n1. The van der Waals surface area contributed by atoms with Crippen molar-refractivity contribution in [2.75, 3.05) is 6.54 Å². The molecule has 0 radical (unpaired) electrons.